The molecule has 4 heteroatoms. The van der Waals surface area contributed by atoms with E-state index in [9.17, 15) is 0 Å². The van der Waals surface area contributed by atoms with Gasteiger partial charge in [-0.3, -0.25) is 0 Å². The van der Waals surface area contributed by atoms with E-state index in [1.807, 2.05) is 36.4 Å². The van der Waals surface area contributed by atoms with Gasteiger partial charge in [-0.25, -0.2) is 9.97 Å². The van der Waals surface area contributed by atoms with Gasteiger partial charge in [-0.2, -0.15) is 0 Å². The monoisotopic (exact) mass is 500 g/mol. The first-order chi connectivity index (χ1) is 16.7. The lowest BCUT2D eigenvalue weighted by molar-refractivity contribution is 0.669. The summed E-state index contributed by atoms with van der Waals surface area (Å²) in [5.74, 6) is 0. The lowest BCUT2D eigenvalue weighted by Crippen LogP contribution is -1.91. The van der Waals surface area contributed by atoms with Crippen LogP contribution in [0, 0.1) is 0 Å². The van der Waals surface area contributed by atoms with Gasteiger partial charge in [0.05, 0.1) is 22.4 Å². The molecule has 3 aromatic heterocycles. The topological polar surface area (TPSA) is 38.9 Å². The smallest absolute Gasteiger partial charge is 0.135 e. The number of pyridine rings is 2. The Bertz CT molecular complexity index is 1870. The number of nitrogens with zero attached hydrogens (tertiary/aromatic N) is 2. The summed E-state index contributed by atoms with van der Waals surface area (Å²) in [6.45, 7) is 0. The Morgan fingerprint density at radius 1 is 0.529 bits per heavy atom. The van der Waals surface area contributed by atoms with Gasteiger partial charge >= 0.3 is 0 Å². The standard InChI is InChI=1S/C30H17BrN2O/c31-22-11-15-28-24(17-22)23-16-21(10-14-27(23)34-28)26-13-9-20-7-6-19-8-12-25(18-4-2-1-3-5-18)32-29(19)30(20)33-26/h1-17H. The maximum atomic E-state index is 6.03. The molecule has 0 atom stereocenters. The molecule has 0 N–H and O–H groups in total. The molecule has 0 saturated heterocycles. The Morgan fingerprint density at radius 2 is 1.12 bits per heavy atom. The van der Waals surface area contributed by atoms with Crippen LogP contribution in [0.4, 0.5) is 0 Å². The van der Waals surface area contributed by atoms with Crippen molar-refractivity contribution in [2.45, 2.75) is 0 Å². The molecule has 3 nitrogen and oxygen atoms in total. The number of furan rings is 1. The Morgan fingerprint density at radius 3 is 1.82 bits per heavy atom. The SMILES string of the molecule is Brc1ccc2oc3ccc(-c4ccc5ccc6ccc(-c7ccccc7)nc6c5n4)cc3c2c1. The van der Waals surface area contributed by atoms with Crippen molar-refractivity contribution < 1.29 is 4.42 Å². The fourth-order valence-electron chi connectivity index (χ4n) is 4.61. The molecule has 0 aliphatic heterocycles. The predicted molar refractivity (Wildman–Crippen MR) is 143 cm³/mol. The van der Waals surface area contributed by atoms with Crippen molar-refractivity contribution in [3.05, 3.63) is 108 Å². The highest BCUT2D eigenvalue weighted by atomic mass is 79.9. The van der Waals surface area contributed by atoms with Crippen LogP contribution in [-0.4, -0.2) is 9.97 Å². The summed E-state index contributed by atoms with van der Waals surface area (Å²) in [5, 5.41) is 4.33. The maximum Gasteiger partial charge on any atom is 0.135 e. The summed E-state index contributed by atoms with van der Waals surface area (Å²) >= 11 is 3.58. The van der Waals surface area contributed by atoms with Crippen LogP contribution in [0.1, 0.15) is 0 Å². The van der Waals surface area contributed by atoms with Crippen molar-refractivity contribution in [2.75, 3.05) is 0 Å². The second-order valence-electron chi connectivity index (χ2n) is 8.42. The molecular formula is C30H17BrN2O. The van der Waals surface area contributed by atoms with Crippen LogP contribution in [0.3, 0.4) is 0 Å². The zero-order chi connectivity index (χ0) is 22.6. The molecule has 0 saturated carbocycles. The number of aromatic nitrogens is 2. The van der Waals surface area contributed by atoms with E-state index in [1.165, 1.54) is 0 Å². The number of benzene rings is 4. The average Bonchev–Trinajstić information content (AvgIpc) is 3.25. The highest BCUT2D eigenvalue weighted by Gasteiger charge is 2.12. The Hall–Kier alpha value is -4.02. The largest absolute Gasteiger partial charge is 0.456 e. The van der Waals surface area contributed by atoms with Crippen LogP contribution in [0.15, 0.2) is 112 Å². The molecule has 0 aliphatic rings. The van der Waals surface area contributed by atoms with E-state index in [0.717, 1.165) is 70.7 Å². The third-order valence-electron chi connectivity index (χ3n) is 6.32. The van der Waals surface area contributed by atoms with Crippen LogP contribution in [0.5, 0.6) is 0 Å². The Labute approximate surface area is 203 Å². The molecule has 0 bridgehead atoms. The molecule has 160 valence electrons. The molecule has 0 amide bonds. The Balaban J connectivity index is 1.44. The van der Waals surface area contributed by atoms with Gasteiger partial charge in [-0.1, -0.05) is 70.5 Å². The van der Waals surface area contributed by atoms with Gasteiger partial charge in [0, 0.05) is 37.1 Å². The van der Waals surface area contributed by atoms with E-state index in [0.29, 0.717) is 0 Å². The van der Waals surface area contributed by atoms with E-state index >= 15 is 0 Å². The summed E-state index contributed by atoms with van der Waals surface area (Å²) in [6, 6.07) is 35.2. The van der Waals surface area contributed by atoms with E-state index in [1.54, 1.807) is 0 Å². The van der Waals surface area contributed by atoms with Gasteiger partial charge in [0.25, 0.3) is 0 Å². The van der Waals surface area contributed by atoms with Crippen molar-refractivity contribution in [3.8, 4) is 22.5 Å². The van der Waals surface area contributed by atoms with Gasteiger partial charge < -0.3 is 4.42 Å². The van der Waals surface area contributed by atoms with Gasteiger partial charge in [-0.15, -0.1) is 0 Å². The van der Waals surface area contributed by atoms with Crippen LogP contribution < -0.4 is 0 Å². The van der Waals surface area contributed by atoms with Crippen LogP contribution >= 0.6 is 15.9 Å². The first-order valence-electron chi connectivity index (χ1n) is 11.1. The Kier molecular flexibility index (Phi) is 4.29. The van der Waals surface area contributed by atoms with Crippen molar-refractivity contribution in [2.24, 2.45) is 0 Å². The highest BCUT2D eigenvalue weighted by molar-refractivity contribution is 9.10. The summed E-state index contributed by atoms with van der Waals surface area (Å²) < 4.78 is 7.06. The summed E-state index contributed by atoms with van der Waals surface area (Å²) in [5.41, 5.74) is 7.59. The fraction of sp³-hybridized carbons (Fsp3) is 0. The number of hydrogen-bond donors (Lipinski definition) is 0. The van der Waals surface area contributed by atoms with Crippen molar-refractivity contribution >= 4 is 59.7 Å². The first-order valence-corrected chi connectivity index (χ1v) is 11.9. The highest BCUT2D eigenvalue weighted by Crippen LogP contribution is 2.34. The minimum absolute atomic E-state index is 0.872. The first kappa shape index (κ1) is 19.4. The molecule has 7 aromatic rings. The molecule has 0 spiro atoms. The third kappa shape index (κ3) is 3.11. The number of rotatable bonds is 2. The molecular weight excluding hydrogens is 484 g/mol. The fourth-order valence-corrected chi connectivity index (χ4v) is 4.97. The average molecular weight is 501 g/mol. The zero-order valence-corrected chi connectivity index (χ0v) is 19.6. The van der Waals surface area contributed by atoms with Crippen LogP contribution in [-0.2, 0) is 0 Å². The van der Waals surface area contributed by atoms with E-state index in [-0.39, 0.29) is 0 Å². The van der Waals surface area contributed by atoms with Gasteiger partial charge in [-0.05, 0) is 48.5 Å². The normalized spacial score (nSPS) is 11.7. The van der Waals surface area contributed by atoms with Crippen molar-refractivity contribution in [1.29, 1.82) is 0 Å². The molecule has 4 aromatic carbocycles. The second-order valence-corrected chi connectivity index (χ2v) is 9.34. The van der Waals surface area contributed by atoms with Gasteiger partial charge in [0.1, 0.15) is 11.2 Å². The summed E-state index contributed by atoms with van der Waals surface area (Å²) in [4.78, 5) is 10.1. The third-order valence-corrected chi connectivity index (χ3v) is 6.81. The lowest BCUT2D eigenvalue weighted by atomic mass is 10.0. The van der Waals surface area contributed by atoms with Crippen molar-refractivity contribution in [3.63, 3.8) is 0 Å². The predicted octanol–water partition coefficient (Wildman–Crippen LogP) is 8.78. The van der Waals surface area contributed by atoms with E-state index in [4.69, 9.17) is 14.4 Å². The quantitative estimate of drug-likeness (QED) is 0.222. The van der Waals surface area contributed by atoms with Crippen molar-refractivity contribution in [1.82, 2.24) is 9.97 Å². The molecule has 3 heterocycles. The molecule has 0 aliphatic carbocycles. The molecule has 34 heavy (non-hydrogen) atoms. The van der Waals surface area contributed by atoms with Gasteiger partial charge in [0.2, 0.25) is 0 Å². The minimum Gasteiger partial charge on any atom is -0.456 e. The second kappa shape index (κ2) is 7.51. The zero-order valence-electron chi connectivity index (χ0n) is 18.0. The molecule has 0 unspecified atom stereocenters. The summed E-state index contributed by atoms with van der Waals surface area (Å²) in [6.07, 6.45) is 0. The van der Waals surface area contributed by atoms with Crippen LogP contribution in [0.2, 0.25) is 0 Å². The van der Waals surface area contributed by atoms with E-state index in [2.05, 4.69) is 82.7 Å². The maximum absolute atomic E-state index is 6.03. The number of hydrogen-bond acceptors (Lipinski definition) is 3. The minimum atomic E-state index is 0.872. The molecule has 0 fully saturated rings. The van der Waals surface area contributed by atoms with E-state index < -0.39 is 0 Å². The molecule has 7 rings (SSSR count). The number of halogens is 1. The summed E-state index contributed by atoms with van der Waals surface area (Å²) in [7, 11) is 0. The molecule has 0 radical (unpaired) electrons. The number of fused-ring (bicyclic) bond motifs is 6. The van der Waals surface area contributed by atoms with Gasteiger partial charge in [0.15, 0.2) is 0 Å². The van der Waals surface area contributed by atoms with Crippen LogP contribution in [0.25, 0.3) is 66.3 Å². The lowest BCUT2D eigenvalue weighted by Gasteiger charge is -2.08.